The summed E-state index contributed by atoms with van der Waals surface area (Å²) in [6.07, 6.45) is -2.69. The maximum atomic E-state index is 12.7. The quantitative estimate of drug-likeness (QED) is 0.766. The number of rotatable bonds is 6. The predicted molar refractivity (Wildman–Crippen MR) is 87.9 cm³/mol. The normalized spacial score (nSPS) is 16.7. The summed E-state index contributed by atoms with van der Waals surface area (Å²) < 4.78 is 38.1. The Morgan fingerprint density at radius 2 is 2.04 bits per heavy atom. The molecule has 8 heteroatoms. The highest BCUT2D eigenvalue weighted by Gasteiger charge is 2.32. The fourth-order valence-corrected chi connectivity index (χ4v) is 2.69. The Hall–Kier alpha value is -2.35. The summed E-state index contributed by atoms with van der Waals surface area (Å²) in [5, 5.41) is 2.49. The number of hydrogen-bond acceptors (Lipinski definition) is 3. The van der Waals surface area contributed by atoms with Gasteiger partial charge in [0.25, 0.3) is 5.91 Å². The molecule has 0 aliphatic carbocycles. The topological polar surface area (TPSA) is 75.4 Å². The van der Waals surface area contributed by atoms with Crippen LogP contribution in [0.5, 0.6) is 0 Å². The SMILES string of the molecule is C[C@H](NC(/C=C/C(=O)N1CCc2ccccc21)CC(F)(F)F)C(N)=O. The molecule has 1 aliphatic rings. The molecule has 5 nitrogen and oxygen atoms in total. The van der Waals surface area contributed by atoms with E-state index in [1.54, 1.807) is 12.1 Å². The first-order valence-electron chi connectivity index (χ1n) is 7.87. The Kier molecular flexibility index (Phi) is 5.84. The van der Waals surface area contributed by atoms with Gasteiger partial charge in [0, 0.05) is 24.4 Å². The number of carbonyl (C=O) groups is 2. The van der Waals surface area contributed by atoms with Crippen molar-refractivity contribution in [3.05, 3.63) is 42.0 Å². The number of benzene rings is 1. The number of hydrogen-bond donors (Lipinski definition) is 2. The second-order valence-electron chi connectivity index (χ2n) is 5.94. The fraction of sp³-hybridized carbons (Fsp3) is 0.412. The van der Waals surface area contributed by atoms with Crippen molar-refractivity contribution in [1.82, 2.24) is 5.32 Å². The van der Waals surface area contributed by atoms with Crippen molar-refractivity contribution in [2.45, 2.75) is 38.0 Å². The third-order valence-corrected chi connectivity index (χ3v) is 3.97. The number of alkyl halides is 3. The van der Waals surface area contributed by atoms with E-state index in [9.17, 15) is 22.8 Å². The van der Waals surface area contributed by atoms with E-state index in [4.69, 9.17) is 5.73 Å². The highest BCUT2D eigenvalue weighted by Crippen LogP contribution is 2.28. The highest BCUT2D eigenvalue weighted by molar-refractivity contribution is 6.02. The molecule has 0 radical (unpaired) electrons. The zero-order valence-electron chi connectivity index (χ0n) is 13.7. The van der Waals surface area contributed by atoms with E-state index in [-0.39, 0.29) is 0 Å². The lowest BCUT2D eigenvalue weighted by atomic mass is 10.1. The zero-order chi connectivity index (χ0) is 18.6. The molecule has 2 amide bonds. The van der Waals surface area contributed by atoms with Crippen molar-refractivity contribution in [2.24, 2.45) is 5.73 Å². The van der Waals surface area contributed by atoms with Gasteiger partial charge in [0.1, 0.15) is 0 Å². The van der Waals surface area contributed by atoms with Gasteiger partial charge in [-0.1, -0.05) is 24.3 Å². The molecule has 1 unspecified atom stereocenters. The summed E-state index contributed by atoms with van der Waals surface area (Å²) in [5.41, 5.74) is 6.87. The van der Waals surface area contributed by atoms with E-state index < -0.39 is 36.5 Å². The summed E-state index contributed by atoms with van der Waals surface area (Å²) in [5.74, 6) is -1.16. The van der Waals surface area contributed by atoms with Crippen LogP contribution in [0, 0.1) is 0 Å². The van der Waals surface area contributed by atoms with Gasteiger partial charge in [-0.2, -0.15) is 13.2 Å². The van der Waals surface area contributed by atoms with Crippen molar-refractivity contribution in [1.29, 1.82) is 0 Å². The van der Waals surface area contributed by atoms with Crippen LogP contribution in [0.25, 0.3) is 0 Å². The van der Waals surface area contributed by atoms with Crippen LogP contribution in [0.4, 0.5) is 18.9 Å². The van der Waals surface area contributed by atoms with Crippen LogP contribution in [-0.4, -0.2) is 36.6 Å². The van der Waals surface area contributed by atoms with Gasteiger partial charge in [-0.15, -0.1) is 0 Å². The van der Waals surface area contributed by atoms with E-state index in [2.05, 4.69) is 5.32 Å². The Labute approximate surface area is 143 Å². The van der Waals surface area contributed by atoms with Gasteiger partial charge in [0.15, 0.2) is 0 Å². The predicted octanol–water partition coefficient (Wildman–Crippen LogP) is 1.92. The van der Waals surface area contributed by atoms with E-state index in [0.29, 0.717) is 13.0 Å². The second kappa shape index (κ2) is 7.69. The molecule has 1 heterocycles. The maximum Gasteiger partial charge on any atom is 0.390 e. The lowest BCUT2D eigenvalue weighted by Gasteiger charge is -2.21. The molecule has 25 heavy (non-hydrogen) atoms. The molecule has 0 saturated heterocycles. The maximum absolute atomic E-state index is 12.7. The number of amides is 2. The number of halogens is 3. The molecule has 1 aromatic rings. The van der Waals surface area contributed by atoms with Gasteiger partial charge in [-0.3, -0.25) is 14.9 Å². The number of fused-ring (bicyclic) bond motifs is 1. The standard InChI is InChI=1S/C17H20F3N3O2/c1-11(16(21)25)22-13(10-17(18,19)20)6-7-15(24)23-9-8-12-4-2-3-5-14(12)23/h2-7,11,13,22H,8-10H2,1H3,(H2,21,25)/b7-6+/t11-,13?/m0/s1. The number of nitrogens with two attached hydrogens (primary N) is 1. The largest absolute Gasteiger partial charge is 0.390 e. The highest BCUT2D eigenvalue weighted by atomic mass is 19.4. The van der Waals surface area contributed by atoms with E-state index in [1.165, 1.54) is 11.8 Å². The first kappa shape index (κ1) is 19.0. The van der Waals surface area contributed by atoms with Gasteiger partial charge in [-0.05, 0) is 25.0 Å². The molecule has 0 saturated carbocycles. The van der Waals surface area contributed by atoms with E-state index >= 15 is 0 Å². The van der Waals surface area contributed by atoms with Crippen LogP contribution in [-0.2, 0) is 16.0 Å². The number of nitrogens with zero attached hydrogens (tertiary/aromatic N) is 1. The van der Waals surface area contributed by atoms with E-state index in [1.807, 2.05) is 12.1 Å². The molecular weight excluding hydrogens is 335 g/mol. The number of nitrogens with one attached hydrogen (secondary N) is 1. The van der Waals surface area contributed by atoms with Crippen molar-refractivity contribution in [3.63, 3.8) is 0 Å². The van der Waals surface area contributed by atoms with Gasteiger partial charge >= 0.3 is 6.18 Å². The molecule has 2 atom stereocenters. The van der Waals surface area contributed by atoms with Crippen LogP contribution >= 0.6 is 0 Å². The third-order valence-electron chi connectivity index (χ3n) is 3.97. The van der Waals surface area contributed by atoms with Crippen LogP contribution in [0.3, 0.4) is 0 Å². The summed E-state index contributed by atoms with van der Waals surface area (Å²) >= 11 is 0. The van der Waals surface area contributed by atoms with Crippen LogP contribution < -0.4 is 16.0 Å². The molecule has 0 aromatic heterocycles. The molecule has 2 rings (SSSR count). The summed E-state index contributed by atoms with van der Waals surface area (Å²) in [6, 6.07) is 5.22. The first-order valence-corrected chi connectivity index (χ1v) is 7.87. The molecule has 1 aromatic carbocycles. The number of para-hydroxylation sites is 1. The average molecular weight is 355 g/mol. The molecule has 136 valence electrons. The van der Waals surface area contributed by atoms with Gasteiger partial charge in [-0.25, -0.2) is 0 Å². The smallest absolute Gasteiger partial charge is 0.368 e. The Morgan fingerprint density at radius 1 is 1.36 bits per heavy atom. The molecular formula is C17H20F3N3O2. The lowest BCUT2D eigenvalue weighted by molar-refractivity contribution is -0.139. The number of carbonyl (C=O) groups excluding carboxylic acids is 2. The summed E-state index contributed by atoms with van der Waals surface area (Å²) in [4.78, 5) is 24.9. The van der Waals surface area contributed by atoms with Crippen LogP contribution in [0.1, 0.15) is 18.9 Å². The monoisotopic (exact) mass is 355 g/mol. The molecule has 1 aliphatic heterocycles. The third kappa shape index (κ3) is 5.32. The lowest BCUT2D eigenvalue weighted by Crippen LogP contribution is -2.45. The minimum Gasteiger partial charge on any atom is -0.368 e. The van der Waals surface area contributed by atoms with Crippen molar-refractivity contribution in [3.8, 4) is 0 Å². The number of primary amides is 1. The van der Waals surface area contributed by atoms with Crippen LogP contribution in [0.2, 0.25) is 0 Å². The first-order chi connectivity index (χ1) is 11.7. The van der Waals surface area contributed by atoms with Gasteiger partial charge in [0.2, 0.25) is 5.91 Å². The fourth-order valence-electron chi connectivity index (χ4n) is 2.69. The summed E-state index contributed by atoms with van der Waals surface area (Å²) in [6.45, 7) is 1.86. The zero-order valence-corrected chi connectivity index (χ0v) is 13.7. The molecule has 0 bridgehead atoms. The Bertz CT molecular complexity index is 673. The minimum atomic E-state index is -4.44. The van der Waals surface area contributed by atoms with Crippen molar-refractivity contribution in [2.75, 3.05) is 11.4 Å². The molecule has 0 spiro atoms. The van der Waals surface area contributed by atoms with E-state index in [0.717, 1.165) is 23.4 Å². The second-order valence-corrected chi connectivity index (χ2v) is 5.94. The van der Waals surface area contributed by atoms with Gasteiger partial charge < -0.3 is 10.6 Å². The Balaban J connectivity index is 2.09. The van der Waals surface area contributed by atoms with Crippen molar-refractivity contribution < 1.29 is 22.8 Å². The minimum absolute atomic E-state index is 0.398. The molecule has 0 fully saturated rings. The molecule has 3 N–H and O–H groups in total. The van der Waals surface area contributed by atoms with Crippen LogP contribution in [0.15, 0.2) is 36.4 Å². The average Bonchev–Trinajstić information content (AvgIpc) is 2.94. The van der Waals surface area contributed by atoms with Crippen molar-refractivity contribution >= 4 is 17.5 Å². The van der Waals surface area contributed by atoms with Gasteiger partial charge in [0.05, 0.1) is 12.5 Å². The Morgan fingerprint density at radius 3 is 2.68 bits per heavy atom. The summed E-state index contributed by atoms with van der Waals surface area (Å²) in [7, 11) is 0. The number of anilines is 1.